The van der Waals surface area contributed by atoms with Crippen molar-refractivity contribution < 1.29 is 9.90 Å². The maximum atomic E-state index is 10.2. The van der Waals surface area contributed by atoms with Crippen molar-refractivity contribution in [3.63, 3.8) is 0 Å². The molecule has 1 aromatic carbocycles. The predicted octanol–water partition coefficient (Wildman–Crippen LogP) is 2.14. The second-order valence-electron chi connectivity index (χ2n) is 2.75. The van der Waals surface area contributed by atoms with E-state index in [0.29, 0.717) is 6.42 Å². The molecule has 0 heterocycles. The van der Waals surface area contributed by atoms with Gasteiger partial charge in [0.15, 0.2) is 0 Å². The first-order chi connectivity index (χ1) is 7.29. The summed E-state index contributed by atoms with van der Waals surface area (Å²) in [7, 11) is 1.50. The van der Waals surface area contributed by atoms with Crippen LogP contribution in [0.1, 0.15) is 18.4 Å². The van der Waals surface area contributed by atoms with Crippen molar-refractivity contribution in [1.82, 2.24) is 0 Å². The van der Waals surface area contributed by atoms with Crippen molar-refractivity contribution in [3.8, 4) is 0 Å². The number of allylic oxidation sites excluding steroid dienone is 1. The first kappa shape index (κ1) is 13.4. The number of benzene rings is 1. The highest BCUT2D eigenvalue weighted by Gasteiger charge is 1.91. The lowest BCUT2D eigenvalue weighted by atomic mass is 10.2. The molecule has 0 fully saturated rings. The van der Waals surface area contributed by atoms with Crippen LogP contribution >= 0.6 is 0 Å². The summed E-state index contributed by atoms with van der Waals surface area (Å²) >= 11 is 0. The molecule has 15 heavy (non-hydrogen) atoms. The van der Waals surface area contributed by atoms with Gasteiger partial charge in [-0.3, -0.25) is 4.79 Å². The van der Waals surface area contributed by atoms with Crippen LogP contribution in [0.25, 0.3) is 6.08 Å². The van der Waals surface area contributed by atoms with Gasteiger partial charge in [-0.05, 0) is 19.0 Å². The SMILES string of the molecule is CN.O=C(O)CC/C=C/c1ccccc1. The lowest BCUT2D eigenvalue weighted by Gasteiger charge is -1.90. The molecule has 1 rings (SSSR count). The minimum absolute atomic E-state index is 0.198. The molecule has 0 unspecified atom stereocenters. The van der Waals surface area contributed by atoms with Gasteiger partial charge in [0.25, 0.3) is 0 Å². The molecule has 0 bridgehead atoms. The Morgan fingerprint density at radius 2 is 1.93 bits per heavy atom. The maximum absolute atomic E-state index is 10.2. The van der Waals surface area contributed by atoms with Crippen LogP contribution in [0.3, 0.4) is 0 Å². The van der Waals surface area contributed by atoms with Crippen molar-refractivity contribution in [2.75, 3.05) is 7.05 Å². The zero-order chi connectivity index (χ0) is 11.5. The lowest BCUT2D eigenvalue weighted by molar-refractivity contribution is -0.136. The summed E-state index contributed by atoms with van der Waals surface area (Å²) in [4.78, 5) is 10.2. The number of aliphatic carboxylic acids is 1. The van der Waals surface area contributed by atoms with Crippen LogP contribution in [0.15, 0.2) is 36.4 Å². The molecule has 0 spiro atoms. The van der Waals surface area contributed by atoms with Gasteiger partial charge in [-0.1, -0.05) is 42.5 Å². The van der Waals surface area contributed by atoms with E-state index in [9.17, 15) is 4.79 Å². The van der Waals surface area contributed by atoms with Gasteiger partial charge in [-0.2, -0.15) is 0 Å². The molecule has 0 aliphatic rings. The Balaban J connectivity index is 0.000000921. The molecule has 0 aromatic heterocycles. The number of hydrogen-bond donors (Lipinski definition) is 2. The first-order valence-electron chi connectivity index (χ1n) is 4.80. The average Bonchev–Trinajstić information content (AvgIpc) is 2.28. The van der Waals surface area contributed by atoms with Crippen LogP contribution < -0.4 is 5.73 Å². The predicted molar refractivity (Wildman–Crippen MR) is 62.5 cm³/mol. The van der Waals surface area contributed by atoms with E-state index < -0.39 is 5.97 Å². The smallest absolute Gasteiger partial charge is 0.303 e. The van der Waals surface area contributed by atoms with Gasteiger partial charge in [0.05, 0.1) is 0 Å². The second kappa shape index (κ2) is 8.97. The standard InChI is InChI=1S/C11H12O2.CH5N/c12-11(13)9-5-4-8-10-6-2-1-3-7-10;1-2/h1-4,6-8H,5,9H2,(H,12,13);2H2,1H3/b8-4+;. The summed E-state index contributed by atoms with van der Waals surface area (Å²) in [5, 5.41) is 8.38. The molecule has 0 saturated heterocycles. The second-order valence-corrected chi connectivity index (χ2v) is 2.75. The van der Waals surface area contributed by atoms with Gasteiger partial charge in [0, 0.05) is 6.42 Å². The van der Waals surface area contributed by atoms with Crippen molar-refractivity contribution in [3.05, 3.63) is 42.0 Å². The van der Waals surface area contributed by atoms with Crippen LogP contribution in [0.2, 0.25) is 0 Å². The third kappa shape index (κ3) is 7.46. The lowest BCUT2D eigenvalue weighted by Crippen LogP contribution is -1.91. The van der Waals surface area contributed by atoms with E-state index in [1.807, 2.05) is 42.5 Å². The van der Waals surface area contributed by atoms with Crippen LogP contribution in [-0.2, 0) is 4.79 Å². The van der Waals surface area contributed by atoms with E-state index >= 15 is 0 Å². The highest BCUT2D eigenvalue weighted by molar-refractivity contribution is 5.67. The van der Waals surface area contributed by atoms with Crippen LogP contribution in [0.5, 0.6) is 0 Å². The minimum Gasteiger partial charge on any atom is -0.481 e. The Bertz CT molecular complexity index is 294. The van der Waals surface area contributed by atoms with Crippen LogP contribution in [-0.4, -0.2) is 18.1 Å². The highest BCUT2D eigenvalue weighted by atomic mass is 16.4. The molecule has 0 aliphatic carbocycles. The van der Waals surface area contributed by atoms with E-state index in [2.05, 4.69) is 5.73 Å². The summed E-state index contributed by atoms with van der Waals surface area (Å²) in [6, 6.07) is 9.83. The normalized spacial score (nSPS) is 9.47. The third-order valence-corrected chi connectivity index (χ3v) is 1.63. The largest absolute Gasteiger partial charge is 0.481 e. The number of carboxylic acid groups (broad SMARTS) is 1. The van der Waals surface area contributed by atoms with E-state index in [4.69, 9.17) is 5.11 Å². The number of rotatable bonds is 4. The van der Waals surface area contributed by atoms with E-state index in [1.54, 1.807) is 0 Å². The highest BCUT2D eigenvalue weighted by Crippen LogP contribution is 2.02. The van der Waals surface area contributed by atoms with Gasteiger partial charge in [-0.15, -0.1) is 0 Å². The fourth-order valence-electron chi connectivity index (χ4n) is 0.990. The minimum atomic E-state index is -0.752. The summed E-state index contributed by atoms with van der Waals surface area (Å²) in [5.74, 6) is -0.752. The number of hydrogen-bond acceptors (Lipinski definition) is 2. The molecule has 0 radical (unpaired) electrons. The maximum Gasteiger partial charge on any atom is 0.303 e. The molecule has 3 N–H and O–H groups in total. The number of carbonyl (C=O) groups is 1. The Hall–Kier alpha value is -1.61. The quantitative estimate of drug-likeness (QED) is 0.795. The van der Waals surface area contributed by atoms with E-state index in [0.717, 1.165) is 5.56 Å². The molecule has 3 nitrogen and oxygen atoms in total. The van der Waals surface area contributed by atoms with Gasteiger partial charge >= 0.3 is 5.97 Å². The van der Waals surface area contributed by atoms with Gasteiger partial charge in [0.2, 0.25) is 0 Å². The summed E-state index contributed by atoms with van der Waals surface area (Å²) in [5.41, 5.74) is 5.60. The zero-order valence-corrected chi connectivity index (χ0v) is 8.89. The van der Waals surface area contributed by atoms with E-state index in [-0.39, 0.29) is 6.42 Å². The molecule has 0 atom stereocenters. The Kier molecular flexibility index (Phi) is 8.00. The van der Waals surface area contributed by atoms with Crippen molar-refractivity contribution in [1.29, 1.82) is 0 Å². The zero-order valence-electron chi connectivity index (χ0n) is 8.89. The molecule has 0 aliphatic heterocycles. The summed E-state index contributed by atoms with van der Waals surface area (Å²) in [6.07, 6.45) is 4.60. The number of carboxylic acids is 1. The Morgan fingerprint density at radius 3 is 2.47 bits per heavy atom. The first-order valence-corrected chi connectivity index (χ1v) is 4.80. The van der Waals surface area contributed by atoms with Crippen LogP contribution in [0, 0.1) is 0 Å². The van der Waals surface area contributed by atoms with Gasteiger partial charge in [0.1, 0.15) is 0 Å². The number of nitrogens with two attached hydrogens (primary N) is 1. The molecular formula is C12H17NO2. The average molecular weight is 207 g/mol. The monoisotopic (exact) mass is 207 g/mol. The Morgan fingerprint density at radius 1 is 1.33 bits per heavy atom. The van der Waals surface area contributed by atoms with Gasteiger partial charge < -0.3 is 10.8 Å². The summed E-state index contributed by atoms with van der Waals surface area (Å²) < 4.78 is 0. The molecule has 0 amide bonds. The molecule has 1 aromatic rings. The van der Waals surface area contributed by atoms with Gasteiger partial charge in [-0.25, -0.2) is 0 Å². The van der Waals surface area contributed by atoms with Crippen molar-refractivity contribution >= 4 is 12.0 Å². The molecular weight excluding hydrogens is 190 g/mol. The topological polar surface area (TPSA) is 63.3 Å². The van der Waals surface area contributed by atoms with Crippen LogP contribution in [0.4, 0.5) is 0 Å². The molecule has 82 valence electrons. The molecule has 0 saturated carbocycles. The van der Waals surface area contributed by atoms with Crippen molar-refractivity contribution in [2.45, 2.75) is 12.8 Å². The summed E-state index contributed by atoms with van der Waals surface area (Å²) in [6.45, 7) is 0. The third-order valence-electron chi connectivity index (χ3n) is 1.63. The van der Waals surface area contributed by atoms with E-state index in [1.165, 1.54) is 7.05 Å². The fourth-order valence-corrected chi connectivity index (χ4v) is 0.990. The fraction of sp³-hybridized carbons (Fsp3) is 0.250. The Labute approximate surface area is 90.2 Å². The van der Waals surface area contributed by atoms with Crippen molar-refractivity contribution in [2.24, 2.45) is 5.73 Å². The molecule has 3 heteroatoms.